The van der Waals surface area contributed by atoms with Crippen molar-refractivity contribution in [2.75, 3.05) is 27.4 Å². The van der Waals surface area contributed by atoms with Gasteiger partial charge in [-0.1, -0.05) is 22.9 Å². The lowest BCUT2D eigenvalue weighted by Gasteiger charge is -2.18. The first-order valence-electron chi connectivity index (χ1n) is 5.76. The van der Waals surface area contributed by atoms with Gasteiger partial charge in [0.25, 0.3) is 0 Å². The van der Waals surface area contributed by atoms with E-state index in [0.717, 1.165) is 23.2 Å². The summed E-state index contributed by atoms with van der Waals surface area (Å²) >= 11 is 3.57. The number of ether oxygens (including phenoxy) is 2. The van der Waals surface area contributed by atoms with E-state index in [9.17, 15) is 0 Å². The molecule has 1 aromatic carbocycles. The molecule has 1 N–H and O–H groups in total. The molecule has 0 aromatic heterocycles. The molecule has 17 heavy (non-hydrogen) atoms. The highest BCUT2D eigenvalue weighted by Gasteiger charge is 2.11. The standard InChI is InChI=1S/C13H20BrNO2/c1-4-15-11(9-16-2)7-10-8-12(17-3)5-6-13(10)14/h5-6,8,11,15H,4,7,9H2,1-3H3. The van der Waals surface area contributed by atoms with Crippen LogP contribution in [0.1, 0.15) is 12.5 Å². The lowest BCUT2D eigenvalue weighted by Crippen LogP contribution is -2.35. The van der Waals surface area contributed by atoms with Gasteiger partial charge in [-0.05, 0) is 36.7 Å². The van der Waals surface area contributed by atoms with Crippen LogP contribution in [0.3, 0.4) is 0 Å². The fraction of sp³-hybridized carbons (Fsp3) is 0.538. The van der Waals surface area contributed by atoms with Gasteiger partial charge in [0.2, 0.25) is 0 Å². The Kier molecular flexibility index (Phi) is 6.55. The van der Waals surface area contributed by atoms with Crippen LogP contribution in [0.5, 0.6) is 5.75 Å². The topological polar surface area (TPSA) is 30.5 Å². The highest BCUT2D eigenvalue weighted by molar-refractivity contribution is 9.10. The van der Waals surface area contributed by atoms with Crippen molar-refractivity contribution >= 4 is 15.9 Å². The Morgan fingerprint density at radius 1 is 1.35 bits per heavy atom. The van der Waals surface area contributed by atoms with E-state index >= 15 is 0 Å². The molecule has 1 rings (SSSR count). The maximum absolute atomic E-state index is 5.24. The number of rotatable bonds is 7. The molecule has 4 heteroatoms. The smallest absolute Gasteiger partial charge is 0.119 e. The molecule has 0 aliphatic heterocycles. The fourth-order valence-corrected chi connectivity index (χ4v) is 2.19. The van der Waals surface area contributed by atoms with Gasteiger partial charge in [-0.15, -0.1) is 0 Å². The van der Waals surface area contributed by atoms with Gasteiger partial charge in [-0.3, -0.25) is 0 Å². The first kappa shape index (κ1) is 14.5. The third-order valence-corrected chi connectivity index (χ3v) is 3.35. The monoisotopic (exact) mass is 301 g/mol. The van der Waals surface area contributed by atoms with E-state index in [0.29, 0.717) is 12.6 Å². The second-order valence-corrected chi connectivity index (χ2v) is 4.73. The van der Waals surface area contributed by atoms with Crippen LogP contribution < -0.4 is 10.1 Å². The van der Waals surface area contributed by atoms with Crippen molar-refractivity contribution in [3.63, 3.8) is 0 Å². The Morgan fingerprint density at radius 3 is 2.71 bits per heavy atom. The zero-order valence-electron chi connectivity index (χ0n) is 10.6. The van der Waals surface area contributed by atoms with Crippen molar-refractivity contribution < 1.29 is 9.47 Å². The van der Waals surface area contributed by atoms with Gasteiger partial charge in [-0.25, -0.2) is 0 Å². The molecule has 0 bridgehead atoms. The van der Waals surface area contributed by atoms with Crippen molar-refractivity contribution in [1.82, 2.24) is 5.32 Å². The largest absolute Gasteiger partial charge is 0.497 e. The summed E-state index contributed by atoms with van der Waals surface area (Å²) in [5.41, 5.74) is 1.23. The number of hydrogen-bond acceptors (Lipinski definition) is 3. The normalized spacial score (nSPS) is 12.5. The number of halogens is 1. The maximum atomic E-state index is 5.24. The molecule has 0 spiro atoms. The van der Waals surface area contributed by atoms with Gasteiger partial charge in [0.15, 0.2) is 0 Å². The maximum Gasteiger partial charge on any atom is 0.119 e. The van der Waals surface area contributed by atoms with E-state index in [1.165, 1.54) is 5.56 Å². The molecule has 1 atom stereocenters. The molecule has 1 aromatic rings. The third kappa shape index (κ3) is 4.66. The van der Waals surface area contributed by atoms with Crippen LogP contribution in [-0.4, -0.2) is 33.4 Å². The second-order valence-electron chi connectivity index (χ2n) is 3.87. The summed E-state index contributed by atoms with van der Waals surface area (Å²) in [6.07, 6.45) is 0.916. The van der Waals surface area contributed by atoms with E-state index in [2.05, 4.69) is 34.2 Å². The molecule has 0 amide bonds. The molecule has 0 fully saturated rings. The first-order valence-corrected chi connectivity index (χ1v) is 6.55. The zero-order valence-corrected chi connectivity index (χ0v) is 12.2. The third-order valence-electron chi connectivity index (χ3n) is 2.58. The van der Waals surface area contributed by atoms with Gasteiger partial charge in [0.05, 0.1) is 13.7 Å². The molecule has 3 nitrogen and oxygen atoms in total. The lowest BCUT2D eigenvalue weighted by atomic mass is 10.1. The first-order chi connectivity index (χ1) is 8.21. The summed E-state index contributed by atoms with van der Waals surface area (Å²) < 4.78 is 11.6. The van der Waals surface area contributed by atoms with Gasteiger partial charge in [0.1, 0.15) is 5.75 Å². The van der Waals surface area contributed by atoms with Crippen molar-refractivity contribution in [2.45, 2.75) is 19.4 Å². The summed E-state index contributed by atoms with van der Waals surface area (Å²) in [5, 5.41) is 3.41. The molecule has 0 saturated carbocycles. The second kappa shape index (κ2) is 7.69. The Morgan fingerprint density at radius 2 is 2.12 bits per heavy atom. The minimum absolute atomic E-state index is 0.327. The molecule has 0 radical (unpaired) electrons. The van der Waals surface area contributed by atoms with Gasteiger partial charge in [0, 0.05) is 17.6 Å². The minimum atomic E-state index is 0.327. The molecule has 1 unspecified atom stereocenters. The van der Waals surface area contributed by atoms with Crippen molar-refractivity contribution in [1.29, 1.82) is 0 Å². The van der Waals surface area contributed by atoms with Crippen molar-refractivity contribution in [3.05, 3.63) is 28.2 Å². The lowest BCUT2D eigenvalue weighted by molar-refractivity contribution is 0.167. The number of benzene rings is 1. The fourth-order valence-electron chi connectivity index (χ4n) is 1.78. The summed E-state index contributed by atoms with van der Waals surface area (Å²) in [4.78, 5) is 0. The summed E-state index contributed by atoms with van der Waals surface area (Å²) in [6.45, 7) is 3.75. The van der Waals surface area contributed by atoms with Crippen molar-refractivity contribution in [2.24, 2.45) is 0 Å². The number of hydrogen-bond donors (Lipinski definition) is 1. The van der Waals surface area contributed by atoms with Gasteiger partial charge < -0.3 is 14.8 Å². The molecular weight excluding hydrogens is 282 g/mol. The predicted molar refractivity (Wildman–Crippen MR) is 73.7 cm³/mol. The predicted octanol–water partition coefficient (Wildman–Crippen LogP) is 2.62. The molecule has 96 valence electrons. The SMILES string of the molecule is CCNC(COC)Cc1cc(OC)ccc1Br. The Labute approximate surface area is 112 Å². The van der Waals surface area contributed by atoms with E-state index in [-0.39, 0.29) is 0 Å². The highest BCUT2D eigenvalue weighted by atomic mass is 79.9. The molecule has 0 aliphatic carbocycles. The Hall–Kier alpha value is -0.580. The van der Waals surface area contributed by atoms with Crippen molar-refractivity contribution in [3.8, 4) is 5.75 Å². The van der Waals surface area contributed by atoms with Crippen LogP contribution in [0.4, 0.5) is 0 Å². The van der Waals surface area contributed by atoms with E-state index in [4.69, 9.17) is 9.47 Å². The average molecular weight is 302 g/mol. The van der Waals surface area contributed by atoms with E-state index < -0.39 is 0 Å². The number of methoxy groups -OCH3 is 2. The van der Waals surface area contributed by atoms with Crippen LogP contribution in [-0.2, 0) is 11.2 Å². The van der Waals surface area contributed by atoms with Gasteiger partial charge >= 0.3 is 0 Å². The van der Waals surface area contributed by atoms with Crippen LogP contribution in [0, 0.1) is 0 Å². The quantitative estimate of drug-likeness (QED) is 0.840. The highest BCUT2D eigenvalue weighted by Crippen LogP contribution is 2.23. The van der Waals surface area contributed by atoms with E-state index in [1.807, 2.05) is 12.1 Å². The Bertz CT molecular complexity index is 338. The Balaban J connectivity index is 2.76. The summed E-state index contributed by atoms with van der Waals surface area (Å²) in [7, 11) is 3.41. The molecule has 0 heterocycles. The zero-order chi connectivity index (χ0) is 12.7. The summed E-state index contributed by atoms with van der Waals surface area (Å²) in [5.74, 6) is 0.885. The van der Waals surface area contributed by atoms with Crippen LogP contribution in [0.2, 0.25) is 0 Å². The molecule has 0 aliphatic rings. The van der Waals surface area contributed by atoms with Crippen LogP contribution in [0.15, 0.2) is 22.7 Å². The number of nitrogens with one attached hydrogen (secondary N) is 1. The van der Waals surface area contributed by atoms with Crippen LogP contribution >= 0.6 is 15.9 Å². The van der Waals surface area contributed by atoms with E-state index in [1.54, 1.807) is 14.2 Å². The number of likely N-dealkylation sites (N-methyl/N-ethyl adjacent to an activating group) is 1. The summed E-state index contributed by atoms with van der Waals surface area (Å²) in [6, 6.07) is 6.36. The molecular formula is C13H20BrNO2. The van der Waals surface area contributed by atoms with Crippen LogP contribution in [0.25, 0.3) is 0 Å². The average Bonchev–Trinajstić information content (AvgIpc) is 2.32. The minimum Gasteiger partial charge on any atom is -0.497 e. The van der Waals surface area contributed by atoms with Gasteiger partial charge in [-0.2, -0.15) is 0 Å². The molecule has 0 saturated heterocycles.